The quantitative estimate of drug-likeness (QED) is 0.879. The summed E-state index contributed by atoms with van der Waals surface area (Å²) < 4.78 is 40.5. The van der Waals surface area contributed by atoms with E-state index in [-0.39, 0.29) is 11.3 Å². The minimum Gasteiger partial charge on any atom is -0.494 e. The van der Waals surface area contributed by atoms with Gasteiger partial charge in [0.05, 0.1) is 11.3 Å². The second kappa shape index (κ2) is 5.00. The molecule has 0 aliphatic carbocycles. The highest BCUT2D eigenvalue weighted by Gasteiger charge is 2.31. The largest absolute Gasteiger partial charge is 0.573 e. The second-order valence-corrected chi connectivity index (χ2v) is 4.08. The number of aromatic nitrogens is 2. The zero-order valence-corrected chi connectivity index (χ0v) is 10.6. The van der Waals surface area contributed by atoms with Gasteiger partial charge in [-0.3, -0.25) is 9.78 Å². The SMILES string of the molecule is Cc1c(O)n(-c2ccc(OC(F)(F)F)cc2)c(=O)[nH]c1=O. The minimum atomic E-state index is -4.82. The Morgan fingerprint density at radius 3 is 2.29 bits per heavy atom. The smallest absolute Gasteiger partial charge is 0.494 e. The van der Waals surface area contributed by atoms with Crippen molar-refractivity contribution < 1.29 is 23.0 Å². The number of ether oxygens (including phenoxy) is 1. The van der Waals surface area contributed by atoms with Crippen LogP contribution in [0.15, 0.2) is 33.9 Å². The highest BCUT2D eigenvalue weighted by atomic mass is 19.4. The van der Waals surface area contributed by atoms with E-state index in [2.05, 4.69) is 4.74 Å². The molecule has 0 aliphatic heterocycles. The molecule has 0 bridgehead atoms. The number of H-pyrrole nitrogens is 1. The van der Waals surface area contributed by atoms with Crippen LogP contribution in [0.3, 0.4) is 0 Å². The molecule has 0 aliphatic rings. The van der Waals surface area contributed by atoms with Crippen molar-refractivity contribution in [1.82, 2.24) is 9.55 Å². The normalized spacial score (nSPS) is 11.4. The fourth-order valence-corrected chi connectivity index (χ4v) is 1.65. The van der Waals surface area contributed by atoms with Gasteiger partial charge in [0, 0.05) is 0 Å². The summed E-state index contributed by atoms with van der Waals surface area (Å²) in [7, 11) is 0. The van der Waals surface area contributed by atoms with Crippen molar-refractivity contribution in [3.8, 4) is 17.3 Å². The second-order valence-electron chi connectivity index (χ2n) is 4.08. The third kappa shape index (κ3) is 3.07. The van der Waals surface area contributed by atoms with E-state index in [1.54, 1.807) is 0 Å². The van der Waals surface area contributed by atoms with Crippen LogP contribution in [0.4, 0.5) is 13.2 Å². The maximum atomic E-state index is 12.0. The van der Waals surface area contributed by atoms with Crippen LogP contribution in [0.25, 0.3) is 5.69 Å². The molecule has 6 nitrogen and oxygen atoms in total. The zero-order valence-electron chi connectivity index (χ0n) is 10.6. The molecule has 0 atom stereocenters. The molecular weight excluding hydrogens is 293 g/mol. The molecule has 0 saturated heterocycles. The zero-order chi connectivity index (χ0) is 15.8. The van der Waals surface area contributed by atoms with Gasteiger partial charge in [-0.1, -0.05) is 0 Å². The molecule has 9 heteroatoms. The van der Waals surface area contributed by atoms with Crippen molar-refractivity contribution in [3.63, 3.8) is 0 Å². The van der Waals surface area contributed by atoms with E-state index < -0.39 is 29.2 Å². The van der Waals surface area contributed by atoms with Gasteiger partial charge in [-0.15, -0.1) is 13.2 Å². The molecule has 112 valence electrons. The van der Waals surface area contributed by atoms with E-state index in [9.17, 15) is 27.9 Å². The molecule has 2 aromatic rings. The van der Waals surface area contributed by atoms with E-state index in [1.807, 2.05) is 4.98 Å². The molecule has 0 amide bonds. The fraction of sp³-hybridized carbons (Fsp3) is 0.167. The first kappa shape index (κ1) is 14.7. The molecule has 2 N–H and O–H groups in total. The lowest BCUT2D eigenvalue weighted by Crippen LogP contribution is -2.30. The summed E-state index contributed by atoms with van der Waals surface area (Å²) in [6.07, 6.45) is -4.82. The van der Waals surface area contributed by atoms with Gasteiger partial charge in [0.15, 0.2) is 0 Å². The van der Waals surface area contributed by atoms with Crippen molar-refractivity contribution >= 4 is 0 Å². The van der Waals surface area contributed by atoms with Gasteiger partial charge < -0.3 is 9.84 Å². The van der Waals surface area contributed by atoms with Gasteiger partial charge in [-0.2, -0.15) is 0 Å². The summed E-state index contributed by atoms with van der Waals surface area (Å²) in [5.74, 6) is -1.06. The van der Waals surface area contributed by atoms with Crippen LogP contribution >= 0.6 is 0 Å². The Balaban J connectivity index is 2.47. The van der Waals surface area contributed by atoms with Crippen LogP contribution in [0, 0.1) is 6.92 Å². The molecule has 0 fully saturated rings. The van der Waals surface area contributed by atoms with E-state index in [1.165, 1.54) is 6.92 Å². The van der Waals surface area contributed by atoms with Crippen LogP contribution < -0.4 is 16.0 Å². The Bertz CT molecular complexity index is 775. The van der Waals surface area contributed by atoms with E-state index in [0.717, 1.165) is 28.8 Å². The topological polar surface area (TPSA) is 84.3 Å². The third-order valence-electron chi connectivity index (χ3n) is 2.64. The van der Waals surface area contributed by atoms with Crippen molar-refractivity contribution in [2.75, 3.05) is 0 Å². The van der Waals surface area contributed by atoms with Gasteiger partial charge in [0.25, 0.3) is 5.56 Å². The number of hydrogen-bond donors (Lipinski definition) is 2. The summed E-state index contributed by atoms with van der Waals surface area (Å²) in [6.45, 7) is 1.30. The number of aromatic amines is 1. The number of alkyl halides is 3. The highest BCUT2D eigenvalue weighted by Crippen LogP contribution is 2.24. The van der Waals surface area contributed by atoms with Crippen molar-refractivity contribution in [1.29, 1.82) is 0 Å². The number of halogens is 3. The number of nitrogens with one attached hydrogen (secondary N) is 1. The first-order chi connectivity index (χ1) is 9.69. The summed E-state index contributed by atoms with van der Waals surface area (Å²) in [5, 5.41) is 9.80. The van der Waals surface area contributed by atoms with Gasteiger partial charge in [-0.25, -0.2) is 9.36 Å². The van der Waals surface area contributed by atoms with E-state index in [4.69, 9.17) is 0 Å². The fourth-order valence-electron chi connectivity index (χ4n) is 1.65. The lowest BCUT2D eigenvalue weighted by atomic mass is 10.3. The predicted molar refractivity (Wildman–Crippen MR) is 65.7 cm³/mol. The molecule has 21 heavy (non-hydrogen) atoms. The van der Waals surface area contributed by atoms with Crippen LogP contribution in [0.2, 0.25) is 0 Å². The summed E-state index contributed by atoms with van der Waals surface area (Å²) in [4.78, 5) is 24.9. The van der Waals surface area contributed by atoms with E-state index >= 15 is 0 Å². The monoisotopic (exact) mass is 302 g/mol. The first-order valence-electron chi connectivity index (χ1n) is 5.60. The molecule has 2 rings (SSSR count). The van der Waals surface area contributed by atoms with Crippen LogP contribution in [-0.4, -0.2) is 21.0 Å². The van der Waals surface area contributed by atoms with Crippen LogP contribution in [-0.2, 0) is 0 Å². The number of hydrogen-bond acceptors (Lipinski definition) is 4. The van der Waals surface area contributed by atoms with Gasteiger partial charge >= 0.3 is 12.1 Å². The van der Waals surface area contributed by atoms with Gasteiger partial charge in [0.1, 0.15) is 5.75 Å². The summed E-state index contributed by atoms with van der Waals surface area (Å²) in [6, 6.07) is 4.24. The van der Waals surface area contributed by atoms with Crippen LogP contribution in [0.1, 0.15) is 5.56 Å². The van der Waals surface area contributed by atoms with Gasteiger partial charge in [-0.05, 0) is 31.2 Å². The average molecular weight is 302 g/mol. The Morgan fingerprint density at radius 2 is 1.76 bits per heavy atom. The molecule has 1 aromatic heterocycles. The van der Waals surface area contributed by atoms with Crippen molar-refractivity contribution in [2.45, 2.75) is 13.3 Å². The molecule has 0 saturated carbocycles. The predicted octanol–water partition coefficient (Wildman–Crippen LogP) is 1.44. The molecule has 1 heterocycles. The molecule has 1 aromatic carbocycles. The van der Waals surface area contributed by atoms with Gasteiger partial charge in [0.2, 0.25) is 5.88 Å². The maximum absolute atomic E-state index is 12.0. The molecule has 0 radical (unpaired) electrons. The minimum absolute atomic E-state index is 0.0753. The van der Waals surface area contributed by atoms with Crippen LogP contribution in [0.5, 0.6) is 11.6 Å². The first-order valence-corrected chi connectivity index (χ1v) is 5.60. The lowest BCUT2D eigenvalue weighted by molar-refractivity contribution is -0.274. The number of benzene rings is 1. The van der Waals surface area contributed by atoms with Crippen molar-refractivity contribution in [2.24, 2.45) is 0 Å². The summed E-state index contributed by atoms with van der Waals surface area (Å²) >= 11 is 0. The summed E-state index contributed by atoms with van der Waals surface area (Å²) in [5.41, 5.74) is -1.67. The highest BCUT2D eigenvalue weighted by molar-refractivity contribution is 5.41. The van der Waals surface area contributed by atoms with Crippen molar-refractivity contribution in [3.05, 3.63) is 50.7 Å². The van der Waals surface area contributed by atoms with E-state index in [0.29, 0.717) is 0 Å². The lowest BCUT2D eigenvalue weighted by Gasteiger charge is -2.11. The molecule has 0 spiro atoms. The number of rotatable bonds is 2. The Hall–Kier alpha value is -2.71. The Kier molecular flexibility index (Phi) is 3.50. The Morgan fingerprint density at radius 1 is 1.19 bits per heavy atom. The molecular formula is C12H9F3N2O4. The Labute approximate surface area is 115 Å². The number of aromatic hydroxyl groups is 1. The number of nitrogens with zero attached hydrogens (tertiary/aromatic N) is 1. The molecule has 0 unspecified atom stereocenters. The maximum Gasteiger partial charge on any atom is 0.573 e. The standard InChI is InChI=1S/C12H9F3N2O4/c1-6-9(18)16-11(20)17(10(6)19)7-2-4-8(5-3-7)21-12(13,14)15/h2-5,19H,1H3,(H,16,18,20). The third-order valence-corrected chi connectivity index (χ3v) is 2.64. The average Bonchev–Trinajstić information content (AvgIpc) is 2.36.